The Hall–Kier alpha value is -1.36. The maximum atomic E-state index is 12.1. The number of nitrogens with one attached hydrogen (secondary N) is 1. The Labute approximate surface area is 121 Å². The third-order valence-electron chi connectivity index (χ3n) is 3.63. The molecule has 0 unspecified atom stereocenters. The second-order valence-electron chi connectivity index (χ2n) is 5.92. The van der Waals surface area contributed by atoms with Crippen molar-refractivity contribution >= 4 is 5.69 Å². The van der Waals surface area contributed by atoms with Gasteiger partial charge in [-0.3, -0.25) is 4.79 Å². The number of piperidine rings is 1. The zero-order valence-corrected chi connectivity index (χ0v) is 12.6. The molecule has 2 rings (SSSR count). The first-order chi connectivity index (χ1) is 9.66. The van der Waals surface area contributed by atoms with E-state index in [-0.39, 0.29) is 5.56 Å². The van der Waals surface area contributed by atoms with Crippen LogP contribution in [0.3, 0.4) is 0 Å². The van der Waals surface area contributed by atoms with Crippen molar-refractivity contribution in [2.45, 2.75) is 39.7 Å². The van der Waals surface area contributed by atoms with Crippen LogP contribution in [-0.2, 0) is 6.54 Å². The van der Waals surface area contributed by atoms with Crippen molar-refractivity contribution in [3.8, 4) is 0 Å². The van der Waals surface area contributed by atoms with E-state index in [0.717, 1.165) is 31.9 Å². The van der Waals surface area contributed by atoms with Crippen molar-refractivity contribution in [1.82, 2.24) is 15.1 Å². The van der Waals surface area contributed by atoms with Gasteiger partial charge >= 0.3 is 0 Å². The summed E-state index contributed by atoms with van der Waals surface area (Å²) in [6, 6.07) is 1.72. The first-order valence-corrected chi connectivity index (χ1v) is 7.69. The van der Waals surface area contributed by atoms with E-state index in [9.17, 15) is 4.79 Å². The Bertz CT molecular complexity index is 463. The lowest BCUT2D eigenvalue weighted by Crippen LogP contribution is -2.33. The molecule has 0 aromatic carbocycles. The summed E-state index contributed by atoms with van der Waals surface area (Å²) in [4.78, 5) is 14.3. The predicted octanol–water partition coefficient (Wildman–Crippen LogP) is 1.48. The van der Waals surface area contributed by atoms with Crippen LogP contribution in [0.5, 0.6) is 0 Å². The summed E-state index contributed by atoms with van der Waals surface area (Å²) in [6.07, 6.45) is 5.54. The van der Waals surface area contributed by atoms with E-state index >= 15 is 0 Å². The van der Waals surface area contributed by atoms with Gasteiger partial charge in [-0.15, -0.1) is 0 Å². The molecule has 112 valence electrons. The van der Waals surface area contributed by atoms with Crippen LogP contribution >= 0.6 is 0 Å². The lowest BCUT2D eigenvalue weighted by atomic mass is 10.1. The van der Waals surface area contributed by atoms with E-state index in [2.05, 4.69) is 29.2 Å². The third-order valence-corrected chi connectivity index (χ3v) is 3.63. The molecule has 0 atom stereocenters. The highest BCUT2D eigenvalue weighted by Gasteiger charge is 2.12. The van der Waals surface area contributed by atoms with Gasteiger partial charge in [0.25, 0.3) is 5.56 Å². The summed E-state index contributed by atoms with van der Waals surface area (Å²) in [6.45, 7) is 8.82. The van der Waals surface area contributed by atoms with E-state index < -0.39 is 0 Å². The fraction of sp³-hybridized carbons (Fsp3) is 0.733. The molecule has 0 saturated carbocycles. The number of nitrogens with zero attached hydrogens (tertiary/aromatic N) is 3. The van der Waals surface area contributed by atoms with Crippen LogP contribution in [0.4, 0.5) is 5.69 Å². The quantitative estimate of drug-likeness (QED) is 0.801. The number of hydrogen-bond acceptors (Lipinski definition) is 4. The lowest BCUT2D eigenvalue weighted by Gasteiger charge is -2.28. The Morgan fingerprint density at radius 1 is 1.30 bits per heavy atom. The van der Waals surface area contributed by atoms with Crippen molar-refractivity contribution in [2.24, 2.45) is 5.92 Å². The predicted molar refractivity (Wildman–Crippen MR) is 82.3 cm³/mol. The molecule has 1 aliphatic heterocycles. The highest BCUT2D eigenvalue weighted by atomic mass is 16.1. The van der Waals surface area contributed by atoms with E-state index in [1.165, 1.54) is 19.3 Å². The minimum atomic E-state index is -0.000537. The summed E-state index contributed by atoms with van der Waals surface area (Å²) in [5.41, 5.74) is 0.973. The van der Waals surface area contributed by atoms with Crippen LogP contribution < -0.4 is 15.8 Å². The van der Waals surface area contributed by atoms with Crippen molar-refractivity contribution in [2.75, 3.05) is 31.1 Å². The highest BCUT2D eigenvalue weighted by molar-refractivity contribution is 5.43. The van der Waals surface area contributed by atoms with Crippen molar-refractivity contribution in [1.29, 1.82) is 0 Å². The van der Waals surface area contributed by atoms with Gasteiger partial charge in [-0.2, -0.15) is 5.10 Å². The standard InChI is InChI=1S/C15H26N4O/c1-13(2)11-16-6-9-19-15(20)10-14(12-17-19)18-7-4-3-5-8-18/h10,12-13,16H,3-9,11H2,1-2H3. The topological polar surface area (TPSA) is 50.2 Å². The average molecular weight is 278 g/mol. The molecule has 0 bridgehead atoms. The van der Waals surface area contributed by atoms with Crippen LogP contribution in [0.25, 0.3) is 0 Å². The minimum absolute atomic E-state index is 0.000537. The van der Waals surface area contributed by atoms with Crippen molar-refractivity contribution in [3.63, 3.8) is 0 Å². The Kier molecular flexibility index (Phi) is 5.59. The number of hydrogen-bond donors (Lipinski definition) is 1. The lowest BCUT2D eigenvalue weighted by molar-refractivity contribution is 0.493. The van der Waals surface area contributed by atoms with Gasteiger partial charge in [0.05, 0.1) is 18.4 Å². The van der Waals surface area contributed by atoms with Gasteiger partial charge in [-0.25, -0.2) is 4.68 Å². The molecule has 0 aliphatic carbocycles. The summed E-state index contributed by atoms with van der Waals surface area (Å²) < 4.78 is 1.54. The van der Waals surface area contributed by atoms with E-state index in [0.29, 0.717) is 12.5 Å². The number of anilines is 1. The summed E-state index contributed by atoms with van der Waals surface area (Å²) in [5, 5.41) is 7.62. The van der Waals surface area contributed by atoms with Crippen LogP contribution in [0.1, 0.15) is 33.1 Å². The van der Waals surface area contributed by atoms with E-state index in [1.54, 1.807) is 10.7 Å². The largest absolute Gasteiger partial charge is 0.370 e. The summed E-state index contributed by atoms with van der Waals surface area (Å²) >= 11 is 0. The smallest absolute Gasteiger partial charge is 0.268 e. The molecule has 1 saturated heterocycles. The van der Waals surface area contributed by atoms with Crippen LogP contribution in [-0.4, -0.2) is 36.0 Å². The molecule has 2 heterocycles. The molecule has 1 aromatic rings. The normalized spacial score (nSPS) is 15.8. The zero-order chi connectivity index (χ0) is 14.4. The van der Waals surface area contributed by atoms with Gasteiger partial charge in [0.2, 0.25) is 0 Å². The van der Waals surface area contributed by atoms with E-state index in [4.69, 9.17) is 0 Å². The molecule has 5 heteroatoms. The molecular weight excluding hydrogens is 252 g/mol. The van der Waals surface area contributed by atoms with Crippen LogP contribution in [0.2, 0.25) is 0 Å². The molecule has 0 amide bonds. The van der Waals surface area contributed by atoms with E-state index in [1.807, 2.05) is 6.20 Å². The minimum Gasteiger partial charge on any atom is -0.370 e. The molecule has 20 heavy (non-hydrogen) atoms. The van der Waals surface area contributed by atoms with Gasteiger partial charge < -0.3 is 10.2 Å². The van der Waals surface area contributed by atoms with Gasteiger partial charge in [0, 0.05) is 25.7 Å². The SMILES string of the molecule is CC(C)CNCCn1ncc(N2CCCCC2)cc1=O. The number of rotatable bonds is 6. The molecule has 1 N–H and O–H groups in total. The number of aromatic nitrogens is 2. The molecule has 1 aliphatic rings. The first-order valence-electron chi connectivity index (χ1n) is 7.69. The maximum absolute atomic E-state index is 12.1. The van der Waals surface area contributed by atoms with Gasteiger partial charge in [-0.05, 0) is 31.7 Å². The van der Waals surface area contributed by atoms with Crippen LogP contribution in [0.15, 0.2) is 17.1 Å². The first kappa shape index (κ1) is 15.0. The molecule has 0 radical (unpaired) electrons. The second kappa shape index (κ2) is 7.43. The molecule has 1 aromatic heterocycles. The zero-order valence-electron chi connectivity index (χ0n) is 12.6. The second-order valence-corrected chi connectivity index (χ2v) is 5.92. The maximum Gasteiger partial charge on any atom is 0.268 e. The molecule has 0 spiro atoms. The highest BCUT2D eigenvalue weighted by Crippen LogP contribution is 2.16. The average Bonchev–Trinajstić information content (AvgIpc) is 2.45. The Morgan fingerprint density at radius 2 is 2.05 bits per heavy atom. The van der Waals surface area contributed by atoms with Crippen molar-refractivity contribution in [3.05, 3.63) is 22.6 Å². The van der Waals surface area contributed by atoms with Gasteiger partial charge in [0.15, 0.2) is 0 Å². The monoisotopic (exact) mass is 278 g/mol. The molecular formula is C15H26N4O. The fourth-order valence-electron chi connectivity index (χ4n) is 2.49. The van der Waals surface area contributed by atoms with Gasteiger partial charge in [-0.1, -0.05) is 13.8 Å². The van der Waals surface area contributed by atoms with Gasteiger partial charge in [0.1, 0.15) is 0 Å². The fourth-order valence-corrected chi connectivity index (χ4v) is 2.49. The van der Waals surface area contributed by atoms with Crippen molar-refractivity contribution < 1.29 is 0 Å². The molecule has 5 nitrogen and oxygen atoms in total. The van der Waals surface area contributed by atoms with Crippen LogP contribution in [0, 0.1) is 5.92 Å². The molecule has 1 fully saturated rings. The Balaban J connectivity index is 1.90. The summed E-state index contributed by atoms with van der Waals surface area (Å²) in [5.74, 6) is 0.626. The third kappa shape index (κ3) is 4.34. The Morgan fingerprint density at radius 3 is 2.70 bits per heavy atom. The summed E-state index contributed by atoms with van der Waals surface area (Å²) in [7, 11) is 0.